The molecule has 0 N–H and O–H groups in total. The van der Waals surface area contributed by atoms with Crippen LogP contribution in [0.1, 0.15) is 26.2 Å². The quantitative estimate of drug-likeness (QED) is 0.565. The Bertz CT molecular complexity index is 337. The number of carbonyl (C=O) groups excluding carboxylic acids is 2. The van der Waals surface area contributed by atoms with E-state index in [1.165, 1.54) is 0 Å². The molecular formula is C13H22N2O3. The summed E-state index contributed by atoms with van der Waals surface area (Å²) < 4.78 is 5.15. The molecule has 5 nitrogen and oxygen atoms in total. The third-order valence-corrected chi connectivity index (χ3v) is 2.72. The summed E-state index contributed by atoms with van der Waals surface area (Å²) in [7, 11) is 3.72. The van der Waals surface area contributed by atoms with Crippen molar-refractivity contribution in [2.45, 2.75) is 26.2 Å². The molecular weight excluding hydrogens is 232 g/mol. The number of nitrogens with zero attached hydrogens (tertiary/aromatic N) is 2. The summed E-state index contributed by atoms with van der Waals surface area (Å²) in [6, 6.07) is 0. The van der Waals surface area contributed by atoms with Crippen molar-refractivity contribution in [2.24, 2.45) is 0 Å². The van der Waals surface area contributed by atoms with Crippen LogP contribution in [0.5, 0.6) is 0 Å². The van der Waals surface area contributed by atoms with Gasteiger partial charge in [0.1, 0.15) is 0 Å². The highest BCUT2D eigenvalue weighted by Crippen LogP contribution is 2.13. The molecule has 1 aliphatic rings. The van der Waals surface area contributed by atoms with Crippen molar-refractivity contribution in [3.8, 4) is 0 Å². The Kier molecular flexibility index (Phi) is 5.68. The highest BCUT2D eigenvalue weighted by Gasteiger charge is 2.25. The lowest BCUT2D eigenvalue weighted by molar-refractivity contribution is -0.117. The minimum atomic E-state index is -0.319. The van der Waals surface area contributed by atoms with Crippen LogP contribution in [0.25, 0.3) is 0 Å². The van der Waals surface area contributed by atoms with E-state index < -0.39 is 0 Å². The van der Waals surface area contributed by atoms with E-state index in [0.29, 0.717) is 31.7 Å². The molecule has 1 heterocycles. The minimum Gasteiger partial charge on any atom is -0.449 e. The first-order valence-electron chi connectivity index (χ1n) is 6.36. The Labute approximate surface area is 108 Å². The smallest absolute Gasteiger partial charge is 0.410 e. The van der Waals surface area contributed by atoms with E-state index in [0.717, 1.165) is 12.8 Å². The maximum atomic E-state index is 11.8. The number of likely N-dealkylation sites (tertiary alicyclic amines) is 1. The third-order valence-electron chi connectivity index (χ3n) is 2.72. The van der Waals surface area contributed by atoms with Crippen LogP contribution in [0.4, 0.5) is 4.79 Å². The second-order valence-corrected chi connectivity index (χ2v) is 4.68. The Balaban J connectivity index is 2.53. The summed E-state index contributed by atoms with van der Waals surface area (Å²) >= 11 is 0. The van der Waals surface area contributed by atoms with Crippen molar-refractivity contribution in [3.63, 3.8) is 0 Å². The van der Waals surface area contributed by atoms with E-state index in [2.05, 4.69) is 0 Å². The first-order valence-corrected chi connectivity index (χ1v) is 6.36. The van der Waals surface area contributed by atoms with Crippen LogP contribution in [-0.4, -0.2) is 55.5 Å². The lowest BCUT2D eigenvalue weighted by Gasteiger charge is -2.27. The first kappa shape index (κ1) is 14.5. The molecule has 1 fully saturated rings. The van der Waals surface area contributed by atoms with Gasteiger partial charge in [0.05, 0.1) is 13.2 Å². The van der Waals surface area contributed by atoms with Crippen molar-refractivity contribution in [3.05, 3.63) is 11.8 Å². The minimum absolute atomic E-state index is 0.112. The molecule has 0 aromatic heterocycles. The average molecular weight is 254 g/mol. The zero-order chi connectivity index (χ0) is 13.5. The van der Waals surface area contributed by atoms with Gasteiger partial charge in [-0.05, 0) is 6.42 Å². The summed E-state index contributed by atoms with van der Waals surface area (Å²) in [6.07, 6.45) is 3.70. The second-order valence-electron chi connectivity index (χ2n) is 4.68. The largest absolute Gasteiger partial charge is 0.449 e. The molecule has 1 amide bonds. The van der Waals surface area contributed by atoms with Crippen LogP contribution >= 0.6 is 0 Å². The van der Waals surface area contributed by atoms with E-state index in [9.17, 15) is 9.59 Å². The molecule has 0 atom stereocenters. The zero-order valence-electron chi connectivity index (χ0n) is 11.4. The molecule has 5 heteroatoms. The van der Waals surface area contributed by atoms with Gasteiger partial charge in [-0.25, -0.2) is 4.79 Å². The van der Waals surface area contributed by atoms with Gasteiger partial charge < -0.3 is 14.5 Å². The Morgan fingerprint density at radius 2 is 2.22 bits per heavy atom. The van der Waals surface area contributed by atoms with Crippen LogP contribution < -0.4 is 0 Å². The van der Waals surface area contributed by atoms with Crippen LogP contribution in [0.15, 0.2) is 11.8 Å². The number of rotatable bonds is 4. The molecule has 0 aromatic carbocycles. The second kappa shape index (κ2) is 7.03. The number of unbranched alkanes of at least 4 members (excludes halogenated alkanes) is 1. The van der Waals surface area contributed by atoms with Crippen molar-refractivity contribution >= 4 is 11.9 Å². The fourth-order valence-corrected chi connectivity index (χ4v) is 1.75. The molecule has 102 valence electrons. The number of ketones is 1. The predicted molar refractivity (Wildman–Crippen MR) is 69.2 cm³/mol. The molecule has 18 heavy (non-hydrogen) atoms. The topological polar surface area (TPSA) is 49.9 Å². The average Bonchev–Trinajstić information content (AvgIpc) is 2.31. The molecule has 1 aliphatic heterocycles. The van der Waals surface area contributed by atoms with Gasteiger partial charge in [0.15, 0.2) is 5.78 Å². The lowest BCUT2D eigenvalue weighted by Crippen LogP contribution is -2.41. The van der Waals surface area contributed by atoms with Crippen molar-refractivity contribution in [1.29, 1.82) is 0 Å². The Morgan fingerprint density at radius 3 is 2.83 bits per heavy atom. The standard InChI is InChI=1S/C13H22N2O3/c1-4-5-8-18-13(17)15-7-6-12(16)11(10-15)9-14(2)3/h9H,4-8,10H2,1-3H3. The molecule has 0 spiro atoms. The lowest BCUT2D eigenvalue weighted by atomic mass is 10.0. The highest BCUT2D eigenvalue weighted by atomic mass is 16.6. The zero-order valence-corrected chi connectivity index (χ0v) is 11.4. The summed E-state index contributed by atoms with van der Waals surface area (Å²) in [4.78, 5) is 26.9. The van der Waals surface area contributed by atoms with Gasteiger partial charge in [-0.1, -0.05) is 13.3 Å². The monoisotopic (exact) mass is 254 g/mol. The number of piperidine rings is 1. The number of hydrogen-bond acceptors (Lipinski definition) is 4. The van der Waals surface area contributed by atoms with E-state index in [-0.39, 0.29) is 11.9 Å². The molecule has 0 bridgehead atoms. The fourth-order valence-electron chi connectivity index (χ4n) is 1.75. The highest BCUT2D eigenvalue weighted by molar-refractivity contribution is 5.97. The van der Waals surface area contributed by atoms with Gasteiger partial charge in [-0.2, -0.15) is 0 Å². The van der Waals surface area contributed by atoms with E-state index in [1.54, 1.807) is 11.1 Å². The molecule has 1 saturated heterocycles. The Hall–Kier alpha value is -1.52. The molecule has 0 saturated carbocycles. The molecule has 0 unspecified atom stereocenters. The van der Waals surface area contributed by atoms with Crippen molar-refractivity contribution < 1.29 is 14.3 Å². The number of hydrogen-bond donors (Lipinski definition) is 0. The van der Waals surface area contributed by atoms with Crippen LogP contribution in [0.3, 0.4) is 0 Å². The van der Waals surface area contributed by atoms with Gasteiger partial charge in [-0.3, -0.25) is 4.79 Å². The van der Waals surface area contributed by atoms with Crippen LogP contribution in [0, 0.1) is 0 Å². The van der Waals surface area contributed by atoms with Crippen LogP contribution in [0.2, 0.25) is 0 Å². The summed E-state index contributed by atoms with van der Waals surface area (Å²) in [5.74, 6) is 0.112. The number of Topliss-reactive ketones (excluding diaryl/α,β-unsaturated/α-hetero) is 1. The van der Waals surface area contributed by atoms with Gasteiger partial charge in [0, 0.05) is 38.8 Å². The molecule has 0 aliphatic carbocycles. The number of ether oxygens (including phenoxy) is 1. The maximum absolute atomic E-state index is 11.8. The predicted octanol–water partition coefficient (Wildman–Crippen LogP) is 1.64. The van der Waals surface area contributed by atoms with Crippen LogP contribution in [-0.2, 0) is 9.53 Å². The van der Waals surface area contributed by atoms with Gasteiger partial charge in [0.25, 0.3) is 0 Å². The maximum Gasteiger partial charge on any atom is 0.410 e. The van der Waals surface area contributed by atoms with Gasteiger partial charge >= 0.3 is 6.09 Å². The number of carbonyl (C=O) groups is 2. The molecule has 1 rings (SSSR count). The van der Waals surface area contributed by atoms with E-state index in [1.807, 2.05) is 25.9 Å². The van der Waals surface area contributed by atoms with Crippen molar-refractivity contribution in [2.75, 3.05) is 33.8 Å². The molecule has 0 aromatic rings. The summed E-state index contributed by atoms with van der Waals surface area (Å²) in [5, 5.41) is 0. The van der Waals surface area contributed by atoms with E-state index >= 15 is 0 Å². The SMILES string of the molecule is CCCCOC(=O)N1CCC(=O)C(=CN(C)C)C1. The van der Waals surface area contributed by atoms with Gasteiger partial charge in [0.2, 0.25) is 0 Å². The third kappa shape index (κ3) is 4.39. The fraction of sp³-hybridized carbons (Fsp3) is 0.692. The first-order chi connectivity index (χ1) is 8.54. The van der Waals surface area contributed by atoms with Crippen molar-refractivity contribution in [1.82, 2.24) is 9.80 Å². The Morgan fingerprint density at radius 1 is 1.50 bits per heavy atom. The molecule has 0 radical (unpaired) electrons. The summed E-state index contributed by atoms with van der Waals surface area (Å²) in [5.41, 5.74) is 0.665. The number of amides is 1. The van der Waals surface area contributed by atoms with Gasteiger partial charge in [-0.15, -0.1) is 0 Å². The normalized spacial score (nSPS) is 18.1. The summed E-state index contributed by atoms with van der Waals surface area (Å²) in [6.45, 7) is 3.30. The van der Waals surface area contributed by atoms with E-state index in [4.69, 9.17) is 4.74 Å².